The minimum Gasteiger partial charge on any atom is -0.493 e. The van der Waals surface area contributed by atoms with Crippen LogP contribution in [0.5, 0.6) is 5.75 Å². The fourth-order valence-corrected chi connectivity index (χ4v) is 4.36. The van der Waals surface area contributed by atoms with Crippen LogP contribution in [0.1, 0.15) is 23.1 Å². The molecule has 0 unspecified atom stereocenters. The molecule has 0 atom stereocenters. The molecule has 5 nitrogen and oxygen atoms in total. The maximum Gasteiger partial charge on any atom is 0.303 e. The van der Waals surface area contributed by atoms with Gasteiger partial charge in [-0.15, -0.1) is 11.3 Å². The first kappa shape index (κ1) is 19.2. The van der Waals surface area contributed by atoms with E-state index in [9.17, 15) is 4.79 Å². The number of ether oxygens (including phenoxy) is 1. The number of carboxylic acid groups (broad SMARTS) is 1. The van der Waals surface area contributed by atoms with Crippen molar-refractivity contribution >= 4 is 27.4 Å². The summed E-state index contributed by atoms with van der Waals surface area (Å²) in [6, 6.07) is 16.3. The summed E-state index contributed by atoms with van der Waals surface area (Å²) in [6.07, 6.45) is 5.02. The number of thiophene rings is 1. The second-order valence-electron chi connectivity index (χ2n) is 6.90. The highest BCUT2D eigenvalue weighted by Gasteiger charge is 2.10. The number of hydrogen-bond donors (Lipinski definition) is 1. The summed E-state index contributed by atoms with van der Waals surface area (Å²) < 4.78 is 9.27. The van der Waals surface area contributed by atoms with Crippen LogP contribution in [0.4, 0.5) is 0 Å². The van der Waals surface area contributed by atoms with Crippen LogP contribution in [-0.4, -0.2) is 27.5 Å². The number of nitrogens with zero attached hydrogens (tertiary/aromatic N) is 2. The third-order valence-electron chi connectivity index (χ3n) is 4.83. The number of aliphatic carboxylic acids is 1. The molecule has 0 saturated heterocycles. The summed E-state index contributed by atoms with van der Waals surface area (Å²) in [6.45, 7) is 1.20. The Labute approximate surface area is 173 Å². The molecule has 0 spiro atoms. The van der Waals surface area contributed by atoms with E-state index in [0.717, 1.165) is 23.3 Å². The Hall–Kier alpha value is -3.12. The number of aryl methyl sites for hydroxylation is 1. The first-order valence-electron chi connectivity index (χ1n) is 9.58. The number of benzene rings is 2. The summed E-state index contributed by atoms with van der Waals surface area (Å²) in [5, 5.41) is 16.8. The SMILES string of the molecule is O=C(O)CCc1ccc(Cn2cccn2)cc1OCCc1csc2ccccc12. The Morgan fingerprint density at radius 1 is 1.10 bits per heavy atom. The molecule has 0 fully saturated rings. The third kappa shape index (κ3) is 4.84. The van der Waals surface area contributed by atoms with Gasteiger partial charge in [0.25, 0.3) is 0 Å². The molecule has 4 aromatic rings. The molecule has 2 aromatic carbocycles. The standard InChI is InChI=1S/C23H22N2O3S/c26-23(27)9-8-18-7-6-17(15-25-12-3-11-24-25)14-21(18)28-13-10-19-16-29-22-5-2-1-4-20(19)22/h1-7,11-12,14,16H,8-10,13,15H2,(H,26,27). The van der Waals surface area contributed by atoms with Crippen LogP contribution >= 0.6 is 11.3 Å². The number of carboxylic acids is 1. The molecular formula is C23H22N2O3S. The lowest BCUT2D eigenvalue weighted by Crippen LogP contribution is -2.07. The highest BCUT2D eigenvalue weighted by molar-refractivity contribution is 7.17. The minimum atomic E-state index is -0.804. The first-order valence-corrected chi connectivity index (χ1v) is 10.5. The van der Waals surface area contributed by atoms with Crippen molar-refractivity contribution in [2.75, 3.05) is 6.61 Å². The van der Waals surface area contributed by atoms with Crippen molar-refractivity contribution < 1.29 is 14.6 Å². The fourth-order valence-electron chi connectivity index (χ4n) is 3.36. The predicted octanol–water partition coefficient (Wildman–Crippen LogP) is 4.78. The van der Waals surface area contributed by atoms with Gasteiger partial charge in [0.1, 0.15) is 5.75 Å². The molecule has 0 aliphatic rings. The lowest BCUT2D eigenvalue weighted by atomic mass is 10.1. The van der Waals surface area contributed by atoms with E-state index in [4.69, 9.17) is 9.84 Å². The van der Waals surface area contributed by atoms with Crippen LogP contribution in [0.15, 0.2) is 66.3 Å². The molecule has 148 valence electrons. The van der Waals surface area contributed by atoms with Gasteiger partial charge in [-0.2, -0.15) is 5.10 Å². The summed E-state index contributed by atoms with van der Waals surface area (Å²) in [5.74, 6) is -0.0447. The molecular weight excluding hydrogens is 384 g/mol. The molecule has 1 N–H and O–H groups in total. The molecule has 29 heavy (non-hydrogen) atoms. The first-order chi connectivity index (χ1) is 14.2. The average molecular weight is 407 g/mol. The van der Waals surface area contributed by atoms with Crippen molar-refractivity contribution in [3.8, 4) is 5.75 Å². The molecule has 0 bridgehead atoms. The van der Waals surface area contributed by atoms with Crippen molar-refractivity contribution in [2.24, 2.45) is 0 Å². The number of carbonyl (C=O) groups is 1. The van der Waals surface area contributed by atoms with Crippen LogP contribution in [0.25, 0.3) is 10.1 Å². The average Bonchev–Trinajstić information content (AvgIpc) is 3.37. The maximum atomic E-state index is 11.0. The van der Waals surface area contributed by atoms with Crippen LogP contribution in [0, 0.1) is 0 Å². The van der Waals surface area contributed by atoms with Crippen molar-refractivity contribution in [2.45, 2.75) is 25.8 Å². The predicted molar refractivity (Wildman–Crippen MR) is 115 cm³/mol. The fraction of sp³-hybridized carbons (Fsp3) is 0.217. The van der Waals surface area contributed by atoms with Crippen LogP contribution in [0.3, 0.4) is 0 Å². The zero-order chi connectivity index (χ0) is 20.1. The van der Waals surface area contributed by atoms with Gasteiger partial charge in [0.15, 0.2) is 0 Å². The van der Waals surface area contributed by atoms with Crippen molar-refractivity contribution in [3.05, 3.63) is 83.0 Å². The Kier molecular flexibility index (Phi) is 5.91. The highest BCUT2D eigenvalue weighted by atomic mass is 32.1. The number of rotatable bonds is 9. The van der Waals surface area contributed by atoms with Gasteiger partial charge in [-0.1, -0.05) is 30.3 Å². The maximum absolute atomic E-state index is 11.0. The van der Waals surface area contributed by atoms with Gasteiger partial charge in [-0.25, -0.2) is 0 Å². The van der Waals surface area contributed by atoms with E-state index in [-0.39, 0.29) is 6.42 Å². The third-order valence-corrected chi connectivity index (χ3v) is 5.85. The minimum absolute atomic E-state index is 0.0873. The van der Waals surface area contributed by atoms with Crippen LogP contribution in [0.2, 0.25) is 0 Å². The smallest absolute Gasteiger partial charge is 0.303 e. The quantitative estimate of drug-likeness (QED) is 0.434. The van der Waals surface area contributed by atoms with E-state index in [1.54, 1.807) is 17.5 Å². The van der Waals surface area contributed by atoms with Gasteiger partial charge in [-0.05, 0) is 52.1 Å². The van der Waals surface area contributed by atoms with E-state index in [1.807, 2.05) is 35.1 Å². The second kappa shape index (κ2) is 8.92. The summed E-state index contributed by atoms with van der Waals surface area (Å²) >= 11 is 1.75. The van der Waals surface area contributed by atoms with E-state index in [1.165, 1.54) is 15.6 Å². The van der Waals surface area contributed by atoms with Gasteiger partial charge < -0.3 is 9.84 Å². The molecule has 0 saturated carbocycles. The monoisotopic (exact) mass is 406 g/mol. The number of fused-ring (bicyclic) bond motifs is 1. The van der Waals surface area contributed by atoms with E-state index < -0.39 is 5.97 Å². The van der Waals surface area contributed by atoms with Gasteiger partial charge in [0.2, 0.25) is 0 Å². The number of aromatic nitrogens is 2. The van der Waals surface area contributed by atoms with Crippen molar-refractivity contribution in [1.82, 2.24) is 9.78 Å². The summed E-state index contributed by atoms with van der Waals surface area (Å²) in [4.78, 5) is 11.0. The van der Waals surface area contributed by atoms with Crippen LogP contribution < -0.4 is 4.74 Å². The zero-order valence-electron chi connectivity index (χ0n) is 16.0. The molecule has 0 aliphatic carbocycles. The van der Waals surface area contributed by atoms with Crippen molar-refractivity contribution in [1.29, 1.82) is 0 Å². The largest absolute Gasteiger partial charge is 0.493 e. The van der Waals surface area contributed by atoms with Crippen LogP contribution in [-0.2, 0) is 24.2 Å². The van der Waals surface area contributed by atoms with Gasteiger partial charge in [0.05, 0.1) is 13.2 Å². The normalized spacial score (nSPS) is 11.0. The zero-order valence-corrected chi connectivity index (χ0v) is 16.8. The number of hydrogen-bond acceptors (Lipinski definition) is 4. The molecule has 2 aromatic heterocycles. The van der Waals surface area contributed by atoms with E-state index in [0.29, 0.717) is 19.6 Å². The van der Waals surface area contributed by atoms with E-state index >= 15 is 0 Å². The topological polar surface area (TPSA) is 64.3 Å². The highest BCUT2D eigenvalue weighted by Crippen LogP contribution is 2.27. The molecule has 0 radical (unpaired) electrons. The van der Waals surface area contributed by atoms with Gasteiger partial charge in [-0.3, -0.25) is 9.48 Å². The lowest BCUT2D eigenvalue weighted by Gasteiger charge is -2.13. The molecule has 0 amide bonds. The Morgan fingerprint density at radius 3 is 2.83 bits per heavy atom. The Bertz CT molecular complexity index is 1100. The van der Waals surface area contributed by atoms with E-state index in [2.05, 4.69) is 34.7 Å². The summed E-state index contributed by atoms with van der Waals surface area (Å²) in [5.41, 5.74) is 3.28. The second-order valence-corrected chi connectivity index (χ2v) is 7.81. The van der Waals surface area contributed by atoms with Crippen molar-refractivity contribution in [3.63, 3.8) is 0 Å². The summed E-state index contributed by atoms with van der Waals surface area (Å²) in [7, 11) is 0. The molecule has 2 heterocycles. The Balaban J connectivity index is 1.48. The molecule has 6 heteroatoms. The molecule has 0 aliphatic heterocycles. The van der Waals surface area contributed by atoms with Gasteiger partial charge >= 0.3 is 5.97 Å². The van der Waals surface area contributed by atoms with Gasteiger partial charge in [0, 0.05) is 29.9 Å². The molecule has 4 rings (SSSR count). The Morgan fingerprint density at radius 2 is 2.00 bits per heavy atom. The lowest BCUT2D eigenvalue weighted by molar-refractivity contribution is -0.136.